The third-order valence-electron chi connectivity index (χ3n) is 2.80. The molecule has 0 bridgehead atoms. The van der Waals surface area contributed by atoms with Gasteiger partial charge >= 0.3 is 0 Å². The van der Waals surface area contributed by atoms with Crippen LogP contribution in [0.2, 0.25) is 0 Å². The largest absolute Gasteiger partial charge is 0.478 e. The van der Waals surface area contributed by atoms with Gasteiger partial charge in [-0.15, -0.1) is 0 Å². The summed E-state index contributed by atoms with van der Waals surface area (Å²) in [5.74, 6) is 1.39. The molecule has 0 aliphatic carbocycles. The molecular weight excluding hydrogens is 240 g/mol. The van der Waals surface area contributed by atoms with Crippen LogP contribution in [0, 0.1) is 6.92 Å². The van der Waals surface area contributed by atoms with Gasteiger partial charge in [0.25, 0.3) is 0 Å². The van der Waals surface area contributed by atoms with Crippen molar-refractivity contribution in [3.8, 4) is 5.88 Å². The first-order valence-electron chi connectivity index (χ1n) is 6.34. The van der Waals surface area contributed by atoms with E-state index in [2.05, 4.69) is 20.3 Å². The molecule has 0 aromatic carbocycles. The maximum Gasteiger partial charge on any atom is 0.221 e. The van der Waals surface area contributed by atoms with E-state index in [-0.39, 0.29) is 6.04 Å². The lowest BCUT2D eigenvalue weighted by Crippen LogP contribution is -2.11. The van der Waals surface area contributed by atoms with Crippen LogP contribution in [-0.2, 0) is 0 Å². The Morgan fingerprint density at radius 3 is 2.79 bits per heavy atom. The normalized spacial score (nSPS) is 11.9. The quantitative estimate of drug-likeness (QED) is 0.893. The molecular formula is C14H18N4O. The van der Waals surface area contributed by atoms with E-state index < -0.39 is 0 Å². The highest BCUT2D eigenvalue weighted by molar-refractivity contribution is 5.48. The van der Waals surface area contributed by atoms with Crippen LogP contribution in [0.15, 0.2) is 30.7 Å². The van der Waals surface area contributed by atoms with Crippen molar-refractivity contribution in [1.29, 1.82) is 0 Å². The van der Waals surface area contributed by atoms with Gasteiger partial charge in [0, 0.05) is 6.20 Å². The van der Waals surface area contributed by atoms with Gasteiger partial charge in [0.1, 0.15) is 12.1 Å². The van der Waals surface area contributed by atoms with Crippen molar-refractivity contribution in [2.75, 3.05) is 11.9 Å². The van der Waals surface area contributed by atoms with Crippen molar-refractivity contribution in [1.82, 2.24) is 15.0 Å². The number of hydrogen-bond donors (Lipinski definition) is 1. The second-order valence-electron chi connectivity index (χ2n) is 4.21. The van der Waals surface area contributed by atoms with Crippen LogP contribution >= 0.6 is 0 Å². The molecule has 19 heavy (non-hydrogen) atoms. The van der Waals surface area contributed by atoms with Crippen molar-refractivity contribution >= 4 is 5.82 Å². The first-order valence-corrected chi connectivity index (χ1v) is 6.34. The third-order valence-corrected chi connectivity index (χ3v) is 2.80. The first kappa shape index (κ1) is 13.3. The zero-order valence-corrected chi connectivity index (χ0v) is 11.4. The van der Waals surface area contributed by atoms with E-state index in [1.54, 1.807) is 6.20 Å². The summed E-state index contributed by atoms with van der Waals surface area (Å²) >= 11 is 0. The summed E-state index contributed by atoms with van der Waals surface area (Å²) in [5.41, 5.74) is 1.88. The van der Waals surface area contributed by atoms with Gasteiger partial charge in [0.15, 0.2) is 0 Å². The summed E-state index contributed by atoms with van der Waals surface area (Å²) < 4.78 is 5.46. The van der Waals surface area contributed by atoms with Crippen LogP contribution in [-0.4, -0.2) is 21.6 Å². The maximum atomic E-state index is 5.46. The third kappa shape index (κ3) is 3.19. The van der Waals surface area contributed by atoms with Gasteiger partial charge in [-0.3, -0.25) is 4.98 Å². The van der Waals surface area contributed by atoms with Crippen LogP contribution in [0.3, 0.4) is 0 Å². The Bertz CT molecular complexity index is 530. The molecule has 0 saturated heterocycles. The molecule has 0 spiro atoms. The van der Waals surface area contributed by atoms with E-state index in [4.69, 9.17) is 4.74 Å². The molecule has 1 unspecified atom stereocenters. The lowest BCUT2D eigenvalue weighted by Gasteiger charge is -2.16. The van der Waals surface area contributed by atoms with Crippen LogP contribution < -0.4 is 10.1 Å². The number of pyridine rings is 1. The lowest BCUT2D eigenvalue weighted by molar-refractivity contribution is 0.324. The predicted molar refractivity (Wildman–Crippen MR) is 74.2 cm³/mol. The van der Waals surface area contributed by atoms with Crippen molar-refractivity contribution in [3.63, 3.8) is 0 Å². The van der Waals surface area contributed by atoms with Crippen molar-refractivity contribution < 1.29 is 4.74 Å². The van der Waals surface area contributed by atoms with Gasteiger partial charge in [-0.25, -0.2) is 9.97 Å². The Morgan fingerprint density at radius 1 is 1.26 bits per heavy atom. The fraction of sp³-hybridized carbons (Fsp3) is 0.357. The fourth-order valence-corrected chi connectivity index (χ4v) is 1.77. The monoisotopic (exact) mass is 258 g/mol. The molecule has 100 valence electrons. The molecule has 2 rings (SSSR count). The average molecular weight is 258 g/mol. The molecule has 2 aromatic rings. The van der Waals surface area contributed by atoms with E-state index in [0.717, 1.165) is 17.1 Å². The topological polar surface area (TPSA) is 59.9 Å². The molecule has 0 aliphatic rings. The van der Waals surface area contributed by atoms with Gasteiger partial charge in [0.05, 0.1) is 23.9 Å². The van der Waals surface area contributed by atoms with E-state index in [0.29, 0.717) is 12.5 Å². The summed E-state index contributed by atoms with van der Waals surface area (Å²) in [7, 11) is 0. The zero-order valence-electron chi connectivity index (χ0n) is 11.4. The Balaban J connectivity index is 2.17. The fourth-order valence-electron chi connectivity index (χ4n) is 1.77. The van der Waals surface area contributed by atoms with Crippen molar-refractivity contribution in [2.45, 2.75) is 26.8 Å². The van der Waals surface area contributed by atoms with E-state index in [9.17, 15) is 0 Å². The van der Waals surface area contributed by atoms with Crippen LogP contribution in [0.5, 0.6) is 5.88 Å². The second-order valence-corrected chi connectivity index (χ2v) is 4.21. The maximum absolute atomic E-state index is 5.46. The van der Waals surface area contributed by atoms with E-state index in [1.165, 1.54) is 6.33 Å². The molecule has 2 aromatic heterocycles. The zero-order chi connectivity index (χ0) is 13.7. The number of anilines is 1. The highest BCUT2D eigenvalue weighted by Crippen LogP contribution is 2.23. The lowest BCUT2D eigenvalue weighted by atomic mass is 10.2. The van der Waals surface area contributed by atoms with Crippen LogP contribution in [0.1, 0.15) is 31.1 Å². The van der Waals surface area contributed by atoms with Crippen molar-refractivity contribution in [2.24, 2.45) is 0 Å². The average Bonchev–Trinajstić information content (AvgIpc) is 2.44. The molecule has 1 N–H and O–H groups in total. The Kier molecular flexibility index (Phi) is 4.28. The van der Waals surface area contributed by atoms with Crippen molar-refractivity contribution in [3.05, 3.63) is 42.0 Å². The highest BCUT2D eigenvalue weighted by atomic mass is 16.5. The number of ether oxygens (including phenoxy) is 1. The number of nitrogens with one attached hydrogen (secondary N) is 1. The Labute approximate surface area is 113 Å². The Morgan fingerprint density at radius 2 is 2.11 bits per heavy atom. The number of aromatic nitrogens is 3. The predicted octanol–water partition coefficient (Wildman–Crippen LogP) is 2.75. The molecule has 0 fully saturated rings. The first-order chi connectivity index (χ1) is 9.22. The number of nitrogens with zero attached hydrogens (tertiary/aromatic N) is 3. The summed E-state index contributed by atoms with van der Waals surface area (Å²) in [6.45, 7) is 6.51. The molecule has 0 radical (unpaired) electrons. The summed E-state index contributed by atoms with van der Waals surface area (Å²) in [4.78, 5) is 12.7. The second kappa shape index (κ2) is 6.13. The van der Waals surface area contributed by atoms with Gasteiger partial charge in [-0.05, 0) is 32.9 Å². The van der Waals surface area contributed by atoms with Gasteiger partial charge < -0.3 is 10.1 Å². The Hall–Kier alpha value is -2.17. The number of hydrogen-bond acceptors (Lipinski definition) is 5. The summed E-state index contributed by atoms with van der Waals surface area (Å²) in [6, 6.07) is 5.93. The molecule has 0 saturated carbocycles. The standard InChI is InChI=1S/C14H18N4O/c1-4-19-14-10(2)13(16-9-17-14)18-11(3)12-7-5-6-8-15-12/h5-9,11H,4H2,1-3H3,(H,16,17,18). The summed E-state index contributed by atoms with van der Waals surface area (Å²) in [6.07, 6.45) is 3.29. The molecule has 1 atom stereocenters. The van der Waals surface area contributed by atoms with Gasteiger partial charge in [-0.2, -0.15) is 0 Å². The molecule has 2 heterocycles. The van der Waals surface area contributed by atoms with Gasteiger partial charge in [-0.1, -0.05) is 6.07 Å². The molecule has 5 heteroatoms. The highest BCUT2D eigenvalue weighted by Gasteiger charge is 2.12. The minimum absolute atomic E-state index is 0.0734. The van der Waals surface area contributed by atoms with Crippen LogP contribution in [0.4, 0.5) is 5.82 Å². The number of rotatable bonds is 5. The minimum atomic E-state index is 0.0734. The smallest absolute Gasteiger partial charge is 0.221 e. The van der Waals surface area contributed by atoms with Crippen LogP contribution in [0.25, 0.3) is 0 Å². The molecule has 0 amide bonds. The van der Waals surface area contributed by atoms with E-state index >= 15 is 0 Å². The SMILES string of the molecule is CCOc1ncnc(NC(C)c2ccccn2)c1C. The molecule has 5 nitrogen and oxygen atoms in total. The van der Waals surface area contributed by atoms with Gasteiger partial charge in [0.2, 0.25) is 5.88 Å². The van der Waals surface area contributed by atoms with E-state index in [1.807, 2.05) is 39.0 Å². The summed E-state index contributed by atoms with van der Waals surface area (Å²) in [5, 5.41) is 3.33. The minimum Gasteiger partial charge on any atom is -0.478 e. The molecule has 0 aliphatic heterocycles.